The first-order valence-electron chi connectivity index (χ1n) is 6.21. The fourth-order valence-electron chi connectivity index (χ4n) is 2.08. The van der Waals surface area contributed by atoms with Gasteiger partial charge in [-0.1, -0.05) is 0 Å². The van der Waals surface area contributed by atoms with Crippen molar-refractivity contribution in [2.75, 3.05) is 0 Å². The molecule has 1 aromatic heterocycles. The van der Waals surface area contributed by atoms with Gasteiger partial charge in [-0.3, -0.25) is 5.43 Å². The molecule has 24 heavy (non-hydrogen) atoms. The summed E-state index contributed by atoms with van der Waals surface area (Å²) < 4.78 is 76.5. The van der Waals surface area contributed by atoms with Crippen LogP contribution in [0.2, 0.25) is 0 Å². The van der Waals surface area contributed by atoms with E-state index in [1.54, 1.807) is 0 Å². The molecule has 2 heterocycles. The Kier molecular flexibility index (Phi) is 4.42. The van der Waals surface area contributed by atoms with E-state index >= 15 is 0 Å². The Morgan fingerprint density at radius 2 is 1.62 bits per heavy atom. The number of hydrazone groups is 1. The van der Waals surface area contributed by atoms with Gasteiger partial charge in [-0.05, 0) is 17.7 Å². The summed E-state index contributed by atoms with van der Waals surface area (Å²) in [4.78, 5) is 2.51. The van der Waals surface area contributed by atoms with Crippen molar-refractivity contribution in [1.82, 2.24) is 10.4 Å². The topological polar surface area (TPSA) is 102 Å². The lowest BCUT2D eigenvalue weighted by Crippen LogP contribution is -2.34. The molecule has 0 radical (unpaired) electrons. The minimum atomic E-state index is -5.19. The summed E-state index contributed by atoms with van der Waals surface area (Å²) in [6.45, 7) is 0. The largest absolute Gasteiger partial charge is 0.433 e. The monoisotopic (exact) mass is 354 g/mol. The molecule has 0 fully saturated rings. The third-order valence-electron chi connectivity index (χ3n) is 3.20. The first kappa shape index (κ1) is 18.0. The number of rotatable bonds is 2. The summed E-state index contributed by atoms with van der Waals surface area (Å²) in [6.07, 6.45) is -14.1. The number of nitrogens with one attached hydrogen (secondary N) is 1. The lowest BCUT2D eigenvalue weighted by molar-refractivity contribution is -0.150. The van der Waals surface area contributed by atoms with Gasteiger partial charge in [0, 0.05) is 0 Å². The van der Waals surface area contributed by atoms with Gasteiger partial charge >= 0.3 is 12.4 Å². The molecule has 12 heteroatoms. The molecular formula is C12H8F6N4O2. The van der Waals surface area contributed by atoms with Gasteiger partial charge in [0.2, 0.25) is 0 Å². The van der Waals surface area contributed by atoms with Crippen LogP contribution in [0.1, 0.15) is 23.1 Å². The molecule has 0 amide bonds. The number of hydrogen-bond donors (Lipinski definition) is 3. The van der Waals surface area contributed by atoms with Crippen molar-refractivity contribution in [3.63, 3.8) is 0 Å². The molecule has 2 rings (SSSR count). The predicted octanol–water partition coefficient (Wildman–Crippen LogP) is 1.57. The Balaban J connectivity index is 2.53. The highest BCUT2D eigenvalue weighted by molar-refractivity contribution is 6.01. The van der Waals surface area contributed by atoms with Crippen molar-refractivity contribution in [3.05, 3.63) is 29.1 Å². The van der Waals surface area contributed by atoms with E-state index in [0.29, 0.717) is 0 Å². The number of nitrogens with zero attached hydrogens (tertiary/aromatic N) is 3. The van der Waals surface area contributed by atoms with Crippen LogP contribution < -0.4 is 5.43 Å². The predicted molar refractivity (Wildman–Crippen MR) is 64.9 cm³/mol. The molecule has 130 valence electrons. The van der Waals surface area contributed by atoms with Crippen molar-refractivity contribution in [2.24, 2.45) is 11.0 Å². The minimum absolute atomic E-state index is 0.222. The number of aromatic nitrogens is 1. The van der Waals surface area contributed by atoms with E-state index in [2.05, 4.69) is 10.1 Å². The summed E-state index contributed by atoms with van der Waals surface area (Å²) in [7, 11) is 0. The van der Waals surface area contributed by atoms with E-state index in [4.69, 9.17) is 5.26 Å². The number of halogens is 6. The van der Waals surface area contributed by atoms with Gasteiger partial charge in [0.1, 0.15) is 23.2 Å². The van der Waals surface area contributed by atoms with Crippen molar-refractivity contribution in [1.29, 1.82) is 5.26 Å². The first-order valence-corrected chi connectivity index (χ1v) is 6.21. The van der Waals surface area contributed by atoms with E-state index in [9.17, 15) is 36.6 Å². The Labute approximate surface area is 130 Å². The molecule has 0 aliphatic carbocycles. The maximum absolute atomic E-state index is 12.7. The Morgan fingerprint density at radius 1 is 1.12 bits per heavy atom. The lowest BCUT2D eigenvalue weighted by Gasteiger charge is -2.22. The second-order valence-electron chi connectivity index (χ2n) is 4.82. The van der Waals surface area contributed by atoms with Gasteiger partial charge in [-0.15, -0.1) is 0 Å². The van der Waals surface area contributed by atoms with Crippen LogP contribution in [0.4, 0.5) is 26.3 Å². The standard InChI is InChI=1S/C12H8F6N4O2/c13-11(14,15)6-1-4(2-7(20-6)12(16,17)18)9(23)8-5(3-19)21-22-10(8)24/h1-2,8-10,22-24H. The van der Waals surface area contributed by atoms with E-state index in [-0.39, 0.29) is 12.1 Å². The number of hydrogen-bond acceptors (Lipinski definition) is 6. The fourth-order valence-corrected chi connectivity index (χ4v) is 2.08. The molecule has 6 nitrogen and oxygen atoms in total. The summed E-state index contributed by atoms with van der Waals surface area (Å²) in [6, 6.07) is 1.94. The van der Waals surface area contributed by atoms with Gasteiger partial charge in [0.15, 0.2) is 6.23 Å². The molecule has 0 aromatic carbocycles. The fraction of sp³-hybridized carbons (Fsp3) is 0.417. The van der Waals surface area contributed by atoms with E-state index in [0.717, 1.165) is 0 Å². The van der Waals surface area contributed by atoms with Gasteiger partial charge < -0.3 is 10.2 Å². The Hall–Kier alpha value is -2.39. The number of alkyl halides is 6. The molecular weight excluding hydrogens is 346 g/mol. The molecule has 0 bridgehead atoms. The third kappa shape index (κ3) is 3.41. The third-order valence-corrected chi connectivity index (χ3v) is 3.20. The Morgan fingerprint density at radius 3 is 2.04 bits per heavy atom. The minimum Gasteiger partial charge on any atom is -0.388 e. The molecule has 3 atom stereocenters. The van der Waals surface area contributed by atoms with Crippen LogP contribution in [0.25, 0.3) is 0 Å². The maximum Gasteiger partial charge on any atom is 0.433 e. The van der Waals surface area contributed by atoms with Gasteiger partial charge in [0.05, 0.1) is 12.0 Å². The van der Waals surface area contributed by atoms with Crippen LogP contribution in [0.3, 0.4) is 0 Å². The normalized spacial score (nSPS) is 22.5. The zero-order valence-corrected chi connectivity index (χ0v) is 11.4. The molecule has 3 N–H and O–H groups in total. The lowest BCUT2D eigenvalue weighted by atomic mass is 9.91. The molecule has 0 saturated heterocycles. The summed E-state index contributed by atoms with van der Waals surface area (Å²) in [5, 5.41) is 31.8. The highest BCUT2D eigenvalue weighted by Gasteiger charge is 2.42. The van der Waals surface area contributed by atoms with Crippen LogP contribution >= 0.6 is 0 Å². The van der Waals surface area contributed by atoms with E-state index in [1.807, 2.05) is 5.43 Å². The van der Waals surface area contributed by atoms with Crippen molar-refractivity contribution >= 4 is 5.71 Å². The molecule has 1 aliphatic heterocycles. The van der Waals surface area contributed by atoms with Gasteiger partial charge in [-0.2, -0.15) is 36.7 Å². The summed E-state index contributed by atoms with van der Waals surface area (Å²) in [5.74, 6) is -1.53. The van der Waals surface area contributed by atoms with Gasteiger partial charge in [-0.25, -0.2) is 4.98 Å². The van der Waals surface area contributed by atoms with Crippen molar-refractivity contribution in [2.45, 2.75) is 24.7 Å². The maximum atomic E-state index is 12.7. The number of aliphatic hydroxyl groups is 2. The van der Waals surface area contributed by atoms with Crippen LogP contribution in [-0.4, -0.2) is 27.1 Å². The van der Waals surface area contributed by atoms with Crippen LogP contribution in [0.5, 0.6) is 0 Å². The number of aliphatic hydroxyl groups excluding tert-OH is 2. The van der Waals surface area contributed by atoms with Crippen molar-refractivity contribution < 1.29 is 36.6 Å². The smallest absolute Gasteiger partial charge is 0.388 e. The second-order valence-corrected chi connectivity index (χ2v) is 4.82. The number of pyridine rings is 1. The summed E-state index contributed by atoms with van der Waals surface area (Å²) >= 11 is 0. The second kappa shape index (κ2) is 5.91. The summed E-state index contributed by atoms with van der Waals surface area (Å²) in [5.41, 5.74) is -2.98. The van der Waals surface area contributed by atoms with Gasteiger partial charge in [0.25, 0.3) is 0 Å². The Bertz CT molecular complexity index is 677. The van der Waals surface area contributed by atoms with E-state index < -0.39 is 53.3 Å². The van der Waals surface area contributed by atoms with Crippen LogP contribution in [0, 0.1) is 17.2 Å². The zero-order valence-electron chi connectivity index (χ0n) is 11.4. The van der Waals surface area contributed by atoms with Crippen LogP contribution in [-0.2, 0) is 12.4 Å². The first-order chi connectivity index (χ1) is 10.9. The average molecular weight is 354 g/mol. The highest BCUT2D eigenvalue weighted by atomic mass is 19.4. The zero-order chi connectivity index (χ0) is 18.3. The van der Waals surface area contributed by atoms with Crippen LogP contribution in [0.15, 0.2) is 17.2 Å². The number of nitriles is 1. The quantitative estimate of drug-likeness (QED) is 0.700. The van der Waals surface area contributed by atoms with E-state index in [1.165, 1.54) is 6.07 Å². The molecule has 1 aliphatic rings. The molecule has 0 saturated carbocycles. The highest BCUT2D eigenvalue weighted by Crippen LogP contribution is 2.37. The SMILES string of the molecule is N#CC1=NNC(O)C1C(O)c1cc(C(F)(F)F)nc(C(F)(F)F)c1. The molecule has 0 spiro atoms. The van der Waals surface area contributed by atoms with Crippen molar-refractivity contribution in [3.8, 4) is 6.07 Å². The molecule has 3 unspecified atom stereocenters. The average Bonchev–Trinajstić information content (AvgIpc) is 2.85. The molecule has 1 aromatic rings.